The van der Waals surface area contributed by atoms with Gasteiger partial charge in [0.05, 0.1) is 13.0 Å². The van der Waals surface area contributed by atoms with E-state index in [4.69, 9.17) is 9.47 Å². The number of phenolic OH excluding ortho intramolecular Hbond substituents is 1. The van der Waals surface area contributed by atoms with Crippen LogP contribution < -0.4 is 10.6 Å². The van der Waals surface area contributed by atoms with Crippen LogP contribution in [0.15, 0.2) is 54.6 Å². The smallest absolute Gasteiger partial charge is 0.408 e. The molecule has 2 atom stereocenters. The number of hydrogen-bond acceptors (Lipinski definition) is 7. The number of aromatic hydroxyl groups is 1. The summed E-state index contributed by atoms with van der Waals surface area (Å²) < 4.78 is 10.4. The maximum Gasteiger partial charge on any atom is 0.408 e. The van der Waals surface area contributed by atoms with Crippen LogP contribution in [0.5, 0.6) is 5.75 Å². The van der Waals surface area contributed by atoms with Gasteiger partial charge in [-0.3, -0.25) is 14.4 Å². The lowest BCUT2D eigenvalue weighted by atomic mass is 10.00. The van der Waals surface area contributed by atoms with Crippen LogP contribution in [0, 0.1) is 0 Å². The lowest BCUT2D eigenvalue weighted by molar-refractivity contribution is -0.144. The first-order valence-electron chi connectivity index (χ1n) is 13.5. The summed E-state index contributed by atoms with van der Waals surface area (Å²) in [6.07, 6.45) is -0.0777. The number of alkyl carbamates (subject to hydrolysis) is 1. The summed E-state index contributed by atoms with van der Waals surface area (Å²) in [6, 6.07) is 13.1. The summed E-state index contributed by atoms with van der Waals surface area (Å²) >= 11 is 0. The zero-order valence-corrected chi connectivity index (χ0v) is 23.9. The minimum absolute atomic E-state index is 0.00661. The molecule has 2 rings (SSSR count). The molecule has 0 aromatic heterocycles. The average Bonchev–Trinajstić information content (AvgIpc) is 2.88. The molecule has 2 aromatic carbocycles. The fourth-order valence-corrected chi connectivity index (χ4v) is 4.05. The summed E-state index contributed by atoms with van der Waals surface area (Å²) in [4.78, 5) is 53.7. The zero-order valence-electron chi connectivity index (χ0n) is 23.9. The molecule has 0 spiro atoms. The zero-order chi connectivity index (χ0) is 29.7. The van der Waals surface area contributed by atoms with Gasteiger partial charge in [0.25, 0.3) is 0 Å². The van der Waals surface area contributed by atoms with E-state index in [1.807, 2.05) is 37.3 Å². The number of nitrogens with zero attached hydrogens (tertiary/aromatic N) is 1. The molecule has 218 valence electrons. The van der Waals surface area contributed by atoms with Crippen molar-refractivity contribution in [3.05, 3.63) is 65.7 Å². The Bertz CT molecular complexity index is 1110. The Morgan fingerprint density at radius 1 is 0.975 bits per heavy atom. The minimum Gasteiger partial charge on any atom is -0.508 e. The minimum atomic E-state index is -1.09. The van der Waals surface area contributed by atoms with Crippen LogP contribution in [0.4, 0.5) is 4.79 Å². The molecule has 40 heavy (non-hydrogen) atoms. The van der Waals surface area contributed by atoms with Crippen molar-refractivity contribution in [1.29, 1.82) is 0 Å². The van der Waals surface area contributed by atoms with Crippen LogP contribution in [-0.4, -0.2) is 65.2 Å². The third kappa shape index (κ3) is 10.6. The van der Waals surface area contributed by atoms with Gasteiger partial charge in [-0.2, -0.15) is 0 Å². The molecular weight excluding hydrogens is 514 g/mol. The van der Waals surface area contributed by atoms with Crippen molar-refractivity contribution >= 4 is 23.9 Å². The fourth-order valence-electron chi connectivity index (χ4n) is 4.05. The third-order valence-corrected chi connectivity index (χ3v) is 5.72. The summed E-state index contributed by atoms with van der Waals surface area (Å²) in [5.41, 5.74) is 0.498. The first kappa shape index (κ1) is 32.1. The van der Waals surface area contributed by atoms with E-state index >= 15 is 0 Å². The normalized spacial score (nSPS) is 12.5. The molecule has 0 aliphatic rings. The highest BCUT2D eigenvalue weighted by atomic mass is 16.6. The van der Waals surface area contributed by atoms with E-state index in [9.17, 15) is 24.3 Å². The Morgan fingerprint density at radius 3 is 2.20 bits per heavy atom. The number of esters is 1. The van der Waals surface area contributed by atoms with Crippen LogP contribution in [0.25, 0.3) is 0 Å². The second kappa shape index (κ2) is 15.5. The molecule has 0 fully saturated rings. The first-order valence-corrected chi connectivity index (χ1v) is 13.5. The Morgan fingerprint density at radius 2 is 1.62 bits per heavy atom. The second-order valence-corrected chi connectivity index (χ2v) is 10.3. The van der Waals surface area contributed by atoms with Crippen molar-refractivity contribution < 1.29 is 33.8 Å². The summed E-state index contributed by atoms with van der Waals surface area (Å²) in [5.74, 6) is -1.43. The van der Waals surface area contributed by atoms with Gasteiger partial charge in [0, 0.05) is 19.5 Å². The lowest BCUT2D eigenvalue weighted by Crippen LogP contribution is -2.54. The number of phenols is 1. The predicted molar refractivity (Wildman–Crippen MR) is 150 cm³/mol. The highest BCUT2D eigenvalue weighted by molar-refractivity contribution is 5.92. The molecule has 0 radical (unpaired) electrons. The summed E-state index contributed by atoms with van der Waals surface area (Å²) in [6.45, 7) is 9.21. The van der Waals surface area contributed by atoms with E-state index in [0.717, 1.165) is 5.56 Å². The topological polar surface area (TPSA) is 134 Å². The van der Waals surface area contributed by atoms with E-state index in [-0.39, 0.29) is 38.3 Å². The maximum atomic E-state index is 14.1. The Kier molecular flexibility index (Phi) is 12.4. The SMILES string of the molecule is CCCN(C(=O)C(Cc1ccccc1)NC(=O)OC(C)(C)C)C(C(=O)NCCC(=O)OCC)c1ccc(O)cc1. The maximum absolute atomic E-state index is 14.1. The standard InChI is InChI=1S/C30H41N3O7/c1-6-19-33(26(22-13-15-23(34)16-14-22)27(36)31-18-17-25(35)39-7-2)28(37)24(20-21-11-9-8-10-12-21)32-29(38)40-30(3,4)5/h8-16,24,26,34H,6-7,17-20H2,1-5H3,(H,31,36)(H,32,38). The number of amides is 3. The van der Waals surface area contributed by atoms with Gasteiger partial charge in [-0.1, -0.05) is 49.4 Å². The monoisotopic (exact) mass is 555 g/mol. The molecule has 0 heterocycles. The molecule has 0 saturated carbocycles. The highest BCUT2D eigenvalue weighted by Crippen LogP contribution is 2.25. The lowest BCUT2D eigenvalue weighted by Gasteiger charge is -2.34. The van der Waals surface area contributed by atoms with Gasteiger partial charge in [0.1, 0.15) is 23.4 Å². The quantitative estimate of drug-likeness (QED) is 0.319. The Labute approximate surface area is 236 Å². The molecule has 10 nitrogen and oxygen atoms in total. The van der Waals surface area contributed by atoms with Crippen LogP contribution >= 0.6 is 0 Å². The molecule has 0 aliphatic heterocycles. The van der Waals surface area contributed by atoms with Crippen molar-refractivity contribution in [2.45, 2.75) is 71.6 Å². The van der Waals surface area contributed by atoms with Gasteiger partial charge < -0.3 is 30.1 Å². The largest absolute Gasteiger partial charge is 0.508 e. The van der Waals surface area contributed by atoms with E-state index < -0.39 is 41.6 Å². The van der Waals surface area contributed by atoms with Crippen LogP contribution in [0.1, 0.15) is 64.6 Å². The van der Waals surface area contributed by atoms with Gasteiger partial charge in [0.2, 0.25) is 11.8 Å². The van der Waals surface area contributed by atoms with Crippen LogP contribution in [0.3, 0.4) is 0 Å². The predicted octanol–water partition coefficient (Wildman–Crippen LogP) is 3.88. The molecule has 0 saturated heterocycles. The molecule has 0 aliphatic carbocycles. The number of ether oxygens (including phenoxy) is 2. The van der Waals surface area contributed by atoms with Crippen molar-refractivity contribution in [1.82, 2.24) is 15.5 Å². The van der Waals surface area contributed by atoms with Crippen molar-refractivity contribution in [2.24, 2.45) is 0 Å². The van der Waals surface area contributed by atoms with E-state index in [0.29, 0.717) is 12.0 Å². The summed E-state index contributed by atoms with van der Waals surface area (Å²) in [5, 5.41) is 15.3. The number of carbonyl (C=O) groups is 4. The Hall–Kier alpha value is -4.08. The number of hydrogen-bond donors (Lipinski definition) is 3. The summed E-state index contributed by atoms with van der Waals surface area (Å²) in [7, 11) is 0. The number of rotatable bonds is 13. The molecule has 10 heteroatoms. The molecular formula is C30H41N3O7. The Balaban J connectivity index is 2.43. The molecule has 0 bridgehead atoms. The molecule has 2 aromatic rings. The van der Waals surface area contributed by atoms with Gasteiger partial charge >= 0.3 is 12.1 Å². The van der Waals surface area contributed by atoms with E-state index in [1.165, 1.54) is 17.0 Å². The first-order chi connectivity index (χ1) is 18.9. The van der Waals surface area contributed by atoms with Crippen LogP contribution in [-0.2, 0) is 30.3 Å². The molecule has 3 amide bonds. The van der Waals surface area contributed by atoms with Crippen molar-refractivity contribution in [3.63, 3.8) is 0 Å². The third-order valence-electron chi connectivity index (χ3n) is 5.72. The van der Waals surface area contributed by atoms with Gasteiger partial charge in [0.15, 0.2) is 0 Å². The fraction of sp³-hybridized carbons (Fsp3) is 0.467. The molecule has 3 N–H and O–H groups in total. The number of benzene rings is 2. The second-order valence-electron chi connectivity index (χ2n) is 10.3. The van der Waals surface area contributed by atoms with E-state index in [1.54, 1.807) is 39.8 Å². The van der Waals surface area contributed by atoms with E-state index in [2.05, 4.69) is 10.6 Å². The van der Waals surface area contributed by atoms with Gasteiger partial charge in [-0.25, -0.2) is 4.79 Å². The van der Waals surface area contributed by atoms with Gasteiger partial charge in [-0.05, 0) is 57.4 Å². The van der Waals surface area contributed by atoms with Crippen molar-refractivity contribution in [3.8, 4) is 5.75 Å². The van der Waals surface area contributed by atoms with Crippen molar-refractivity contribution in [2.75, 3.05) is 19.7 Å². The number of carbonyl (C=O) groups excluding carboxylic acids is 4. The van der Waals surface area contributed by atoms with Gasteiger partial charge in [-0.15, -0.1) is 0 Å². The average molecular weight is 556 g/mol. The highest BCUT2D eigenvalue weighted by Gasteiger charge is 2.36. The van der Waals surface area contributed by atoms with Crippen LogP contribution in [0.2, 0.25) is 0 Å². The molecule has 2 unspecified atom stereocenters. The number of nitrogens with one attached hydrogen (secondary N) is 2.